The van der Waals surface area contributed by atoms with Gasteiger partial charge in [-0.2, -0.15) is 5.26 Å². The molecule has 62 valence electrons. The van der Waals surface area contributed by atoms with Gasteiger partial charge in [-0.25, -0.2) is 0 Å². The van der Waals surface area contributed by atoms with E-state index in [1.54, 1.807) is 0 Å². The molecule has 0 aromatic rings. The number of carbonyl (C=O) groups is 1. The van der Waals surface area contributed by atoms with Crippen LogP contribution in [0.25, 0.3) is 0 Å². The van der Waals surface area contributed by atoms with Crippen LogP contribution in [0.1, 0.15) is 12.8 Å². The van der Waals surface area contributed by atoms with Gasteiger partial charge in [-0.1, -0.05) is 12.2 Å². The van der Waals surface area contributed by atoms with Crippen LogP contribution in [0.3, 0.4) is 0 Å². The Bertz CT molecular complexity index is 307. The maximum Gasteiger partial charge on any atom is 1.00 e. The number of rotatable bonds is 1. The Hall–Kier alpha value is 0.336. The molecule has 13 heavy (non-hydrogen) atoms. The maximum absolute atomic E-state index is 10.8. The van der Waals surface area contributed by atoms with Crippen LogP contribution in [0.4, 0.5) is 0 Å². The number of aliphatic carboxylic acids is 1. The number of hydrogen-bond acceptors (Lipinski definition) is 3. The number of carbonyl (C=O) groups excluding carboxylic acids is 1. The van der Waals surface area contributed by atoms with Gasteiger partial charge in [-0.15, -0.1) is 0 Å². The van der Waals surface area contributed by atoms with Crippen molar-refractivity contribution in [3.05, 3.63) is 12.2 Å². The molecule has 0 N–H and O–H groups in total. The zero-order valence-corrected chi connectivity index (χ0v) is 10.6. The van der Waals surface area contributed by atoms with Gasteiger partial charge in [0, 0.05) is 5.92 Å². The largest absolute Gasteiger partial charge is 1.00 e. The molecule has 1 saturated carbocycles. The van der Waals surface area contributed by atoms with E-state index in [1.807, 2.05) is 18.2 Å². The fraction of sp³-hybridized carbons (Fsp3) is 0.556. The van der Waals surface area contributed by atoms with Crippen molar-refractivity contribution in [2.75, 3.05) is 0 Å². The van der Waals surface area contributed by atoms with Crippen LogP contribution >= 0.6 is 0 Å². The standard InChI is InChI=1S/C9H9NO2.K/c10-5-9(8(11)12)4-6-1-2-7(9)3-6;/h1-2,6-7H,3-4H2,(H,11,12);/q;+1/p-1. The van der Waals surface area contributed by atoms with E-state index in [-0.39, 0.29) is 63.2 Å². The van der Waals surface area contributed by atoms with Crippen LogP contribution in [-0.2, 0) is 4.79 Å². The molecule has 0 spiro atoms. The van der Waals surface area contributed by atoms with E-state index in [0.29, 0.717) is 6.42 Å². The maximum atomic E-state index is 10.8. The molecule has 0 heterocycles. The van der Waals surface area contributed by atoms with Crippen molar-refractivity contribution in [3.8, 4) is 6.07 Å². The van der Waals surface area contributed by atoms with Crippen LogP contribution in [0, 0.1) is 28.6 Å². The molecule has 2 bridgehead atoms. The van der Waals surface area contributed by atoms with E-state index < -0.39 is 11.4 Å². The predicted octanol–water partition coefficient (Wildman–Crippen LogP) is -3.15. The Morgan fingerprint density at radius 3 is 2.54 bits per heavy atom. The second-order valence-electron chi connectivity index (χ2n) is 3.56. The minimum atomic E-state index is -1.22. The average molecular weight is 201 g/mol. The number of fused-ring (bicyclic) bond motifs is 2. The quantitative estimate of drug-likeness (QED) is 0.332. The summed E-state index contributed by atoms with van der Waals surface area (Å²) in [7, 11) is 0. The van der Waals surface area contributed by atoms with E-state index in [1.165, 1.54) is 0 Å². The summed E-state index contributed by atoms with van der Waals surface area (Å²) in [6.45, 7) is 0. The summed E-state index contributed by atoms with van der Waals surface area (Å²) in [4.78, 5) is 10.8. The number of carboxylic acid groups (broad SMARTS) is 1. The van der Waals surface area contributed by atoms with Gasteiger partial charge < -0.3 is 9.90 Å². The fourth-order valence-corrected chi connectivity index (χ4v) is 2.27. The van der Waals surface area contributed by atoms with Gasteiger partial charge in [0.05, 0.1) is 12.0 Å². The van der Waals surface area contributed by atoms with Crippen molar-refractivity contribution in [1.82, 2.24) is 0 Å². The van der Waals surface area contributed by atoms with Gasteiger partial charge in [0.2, 0.25) is 0 Å². The molecule has 0 aromatic carbocycles. The average Bonchev–Trinajstić information content (AvgIpc) is 2.62. The second kappa shape index (κ2) is 3.83. The fourth-order valence-electron chi connectivity index (χ4n) is 2.27. The SMILES string of the molecule is N#CC1(C(=O)[O-])CC2C=CC1C2.[K+]. The van der Waals surface area contributed by atoms with Gasteiger partial charge in [0.1, 0.15) is 5.41 Å². The van der Waals surface area contributed by atoms with Crippen molar-refractivity contribution in [3.63, 3.8) is 0 Å². The normalized spacial score (nSPS) is 39.6. The van der Waals surface area contributed by atoms with Crippen LogP contribution in [0.2, 0.25) is 0 Å². The predicted molar refractivity (Wildman–Crippen MR) is 38.4 cm³/mol. The number of hydrogen-bond donors (Lipinski definition) is 0. The monoisotopic (exact) mass is 201 g/mol. The Kier molecular flexibility index (Phi) is 3.36. The van der Waals surface area contributed by atoms with E-state index in [0.717, 1.165) is 6.42 Å². The first-order valence-electron chi connectivity index (χ1n) is 4.00. The Labute approximate surface area is 119 Å². The molecule has 0 aliphatic heterocycles. The molecule has 2 aliphatic carbocycles. The first-order valence-corrected chi connectivity index (χ1v) is 4.00. The van der Waals surface area contributed by atoms with Crippen LogP contribution in [0.15, 0.2) is 12.2 Å². The van der Waals surface area contributed by atoms with Gasteiger partial charge in [-0.05, 0) is 18.8 Å². The molecule has 4 heteroatoms. The van der Waals surface area contributed by atoms with Crippen LogP contribution in [0.5, 0.6) is 0 Å². The van der Waals surface area contributed by atoms with Crippen molar-refractivity contribution in [2.24, 2.45) is 17.3 Å². The molecular formula is C9H8KNO2. The number of nitriles is 1. The summed E-state index contributed by atoms with van der Waals surface area (Å²) < 4.78 is 0. The summed E-state index contributed by atoms with van der Waals surface area (Å²) in [5.41, 5.74) is -1.22. The molecule has 0 aromatic heterocycles. The number of nitrogens with zero attached hydrogens (tertiary/aromatic N) is 1. The topological polar surface area (TPSA) is 63.9 Å². The summed E-state index contributed by atoms with van der Waals surface area (Å²) in [5, 5.41) is 19.6. The van der Waals surface area contributed by atoms with Gasteiger partial charge in [0.25, 0.3) is 0 Å². The molecule has 0 radical (unpaired) electrons. The van der Waals surface area contributed by atoms with Gasteiger partial charge in [0.15, 0.2) is 0 Å². The Morgan fingerprint density at radius 1 is 1.62 bits per heavy atom. The minimum Gasteiger partial charge on any atom is -0.548 e. The molecule has 2 rings (SSSR count). The van der Waals surface area contributed by atoms with Crippen molar-refractivity contribution in [2.45, 2.75) is 12.8 Å². The Morgan fingerprint density at radius 2 is 2.31 bits per heavy atom. The zero-order valence-electron chi connectivity index (χ0n) is 7.49. The number of carboxylic acids is 1. The van der Waals surface area contributed by atoms with E-state index in [9.17, 15) is 9.90 Å². The van der Waals surface area contributed by atoms with E-state index >= 15 is 0 Å². The van der Waals surface area contributed by atoms with E-state index in [4.69, 9.17) is 5.26 Å². The summed E-state index contributed by atoms with van der Waals surface area (Å²) in [5.74, 6) is -1.04. The summed E-state index contributed by atoms with van der Waals surface area (Å²) >= 11 is 0. The third-order valence-corrected chi connectivity index (χ3v) is 2.95. The third kappa shape index (κ3) is 1.53. The van der Waals surface area contributed by atoms with Crippen LogP contribution in [-0.4, -0.2) is 5.97 Å². The first-order chi connectivity index (χ1) is 5.69. The Balaban J connectivity index is 0.000000845. The van der Waals surface area contributed by atoms with Crippen molar-refractivity contribution in [1.29, 1.82) is 5.26 Å². The van der Waals surface area contributed by atoms with Crippen molar-refractivity contribution >= 4 is 5.97 Å². The molecule has 3 nitrogen and oxygen atoms in total. The molecule has 0 amide bonds. The first kappa shape index (κ1) is 11.4. The summed E-state index contributed by atoms with van der Waals surface area (Å²) in [6.07, 6.45) is 5.09. The molecule has 2 aliphatic rings. The molecule has 3 atom stereocenters. The van der Waals surface area contributed by atoms with Gasteiger partial charge >= 0.3 is 51.4 Å². The smallest absolute Gasteiger partial charge is 0.548 e. The molecule has 3 unspecified atom stereocenters. The molecular weight excluding hydrogens is 193 g/mol. The van der Waals surface area contributed by atoms with E-state index in [2.05, 4.69) is 0 Å². The van der Waals surface area contributed by atoms with Gasteiger partial charge in [-0.3, -0.25) is 0 Å². The van der Waals surface area contributed by atoms with Crippen molar-refractivity contribution < 1.29 is 61.3 Å². The van der Waals surface area contributed by atoms with Crippen LogP contribution < -0.4 is 56.5 Å². The molecule has 1 fully saturated rings. The zero-order chi connectivity index (χ0) is 8.77. The second-order valence-corrected chi connectivity index (χ2v) is 3.56. The number of allylic oxidation sites excluding steroid dienone is 2. The molecule has 0 saturated heterocycles. The minimum absolute atomic E-state index is 0. The third-order valence-electron chi connectivity index (χ3n) is 2.95. The summed E-state index contributed by atoms with van der Waals surface area (Å²) in [6, 6.07) is 1.90.